The number of hydrogen-bond acceptors (Lipinski definition) is 4. The lowest BCUT2D eigenvalue weighted by Gasteiger charge is -2.32. The zero-order chi connectivity index (χ0) is 26.3. The summed E-state index contributed by atoms with van der Waals surface area (Å²) >= 11 is 6.39. The lowest BCUT2D eigenvalue weighted by atomic mass is 10.1. The summed E-state index contributed by atoms with van der Waals surface area (Å²) in [4.78, 5) is 27.9. The second-order valence-electron chi connectivity index (χ2n) is 8.29. The number of benzene rings is 3. The lowest BCUT2D eigenvalue weighted by molar-refractivity contribution is -0.139. The first-order valence-electron chi connectivity index (χ1n) is 11.6. The van der Waals surface area contributed by atoms with Crippen LogP contribution >= 0.6 is 11.6 Å². The molecule has 3 rings (SSSR count). The number of para-hydroxylation sites is 1. The van der Waals surface area contributed by atoms with Gasteiger partial charge in [-0.15, -0.1) is 0 Å². The molecule has 0 fully saturated rings. The molecule has 9 heteroatoms. The summed E-state index contributed by atoms with van der Waals surface area (Å²) < 4.78 is 28.4. The molecule has 190 valence electrons. The Morgan fingerprint density at radius 3 is 2.19 bits per heavy atom. The predicted octanol–water partition coefficient (Wildman–Crippen LogP) is 4.40. The summed E-state index contributed by atoms with van der Waals surface area (Å²) in [5.74, 6) is -0.855. The average Bonchev–Trinajstić information content (AvgIpc) is 2.87. The van der Waals surface area contributed by atoms with E-state index < -0.39 is 28.5 Å². The van der Waals surface area contributed by atoms with Crippen LogP contribution in [0, 0.1) is 6.92 Å². The molecule has 0 bridgehead atoms. The van der Waals surface area contributed by atoms with Crippen LogP contribution in [0.3, 0.4) is 0 Å². The molecule has 0 radical (unpaired) electrons. The molecule has 0 heterocycles. The van der Waals surface area contributed by atoms with Gasteiger partial charge in [-0.05, 0) is 56.2 Å². The van der Waals surface area contributed by atoms with Crippen molar-refractivity contribution in [3.63, 3.8) is 0 Å². The fourth-order valence-corrected chi connectivity index (χ4v) is 5.50. The van der Waals surface area contributed by atoms with Gasteiger partial charge in [0, 0.05) is 13.1 Å². The molecule has 1 N–H and O–H groups in total. The Balaban J connectivity index is 2.04. The van der Waals surface area contributed by atoms with E-state index in [1.165, 1.54) is 17.0 Å². The molecule has 7 nitrogen and oxygen atoms in total. The van der Waals surface area contributed by atoms with E-state index in [4.69, 9.17) is 11.6 Å². The lowest BCUT2D eigenvalue weighted by Crippen LogP contribution is -2.51. The van der Waals surface area contributed by atoms with Gasteiger partial charge >= 0.3 is 0 Å². The fraction of sp³-hybridized carbons (Fsp3) is 0.259. The van der Waals surface area contributed by atoms with Gasteiger partial charge in [-0.1, -0.05) is 66.2 Å². The van der Waals surface area contributed by atoms with Gasteiger partial charge in [0.05, 0.1) is 15.6 Å². The van der Waals surface area contributed by atoms with E-state index in [0.717, 1.165) is 15.4 Å². The number of nitrogens with one attached hydrogen (secondary N) is 1. The third-order valence-corrected chi connectivity index (χ3v) is 7.95. The van der Waals surface area contributed by atoms with E-state index in [0.29, 0.717) is 6.54 Å². The molecule has 36 heavy (non-hydrogen) atoms. The van der Waals surface area contributed by atoms with Crippen LogP contribution in [0.2, 0.25) is 5.02 Å². The highest BCUT2D eigenvalue weighted by atomic mass is 35.5. The highest BCUT2D eigenvalue weighted by molar-refractivity contribution is 7.92. The van der Waals surface area contributed by atoms with Gasteiger partial charge in [0.2, 0.25) is 11.8 Å². The molecular weight excluding hydrogens is 498 g/mol. The number of rotatable bonds is 10. The van der Waals surface area contributed by atoms with Gasteiger partial charge in [-0.2, -0.15) is 0 Å². The van der Waals surface area contributed by atoms with Gasteiger partial charge in [0.25, 0.3) is 10.0 Å². The number of amides is 2. The summed E-state index contributed by atoms with van der Waals surface area (Å²) in [5.41, 5.74) is 1.99. The van der Waals surface area contributed by atoms with E-state index in [2.05, 4.69) is 5.32 Å². The number of carbonyl (C=O) groups excluding carboxylic acids is 2. The monoisotopic (exact) mass is 527 g/mol. The van der Waals surface area contributed by atoms with Crippen LogP contribution in [-0.2, 0) is 26.2 Å². The minimum Gasteiger partial charge on any atom is -0.355 e. The molecule has 0 aliphatic rings. The molecule has 0 unspecified atom stereocenters. The number of anilines is 1. The van der Waals surface area contributed by atoms with Crippen LogP contribution in [0.1, 0.15) is 25.0 Å². The van der Waals surface area contributed by atoms with Crippen LogP contribution in [-0.4, -0.2) is 44.3 Å². The Morgan fingerprint density at radius 2 is 1.56 bits per heavy atom. The van der Waals surface area contributed by atoms with E-state index >= 15 is 0 Å². The molecule has 0 aromatic heterocycles. The first-order chi connectivity index (χ1) is 17.2. The average molecular weight is 528 g/mol. The van der Waals surface area contributed by atoms with Crippen LogP contribution in [0.4, 0.5) is 5.69 Å². The Kier molecular flexibility index (Phi) is 9.12. The quantitative estimate of drug-likeness (QED) is 0.423. The number of nitrogens with zero attached hydrogens (tertiary/aromatic N) is 2. The molecule has 3 aromatic rings. The van der Waals surface area contributed by atoms with Gasteiger partial charge in [0.1, 0.15) is 12.6 Å². The first-order valence-corrected chi connectivity index (χ1v) is 13.4. The van der Waals surface area contributed by atoms with Crippen molar-refractivity contribution in [3.05, 3.63) is 95.0 Å². The van der Waals surface area contributed by atoms with Crippen LogP contribution < -0.4 is 9.62 Å². The molecule has 0 saturated heterocycles. The second kappa shape index (κ2) is 12.1. The third kappa shape index (κ3) is 6.25. The highest BCUT2D eigenvalue weighted by Gasteiger charge is 2.33. The third-order valence-electron chi connectivity index (χ3n) is 5.85. The standard InChI is InChI=1S/C27H30ClN3O4S/c1-4-29-27(33)21(3)30(18-22-13-9-8-12-20(22)2)26(32)19-31(25-17-11-10-16-24(25)28)36(34,35)23-14-6-5-7-15-23/h5-17,21H,4,18-19H2,1-3H3,(H,29,33)/t21-/m1/s1. The number of likely N-dealkylation sites (N-methyl/N-ethyl adjacent to an activating group) is 1. The summed E-state index contributed by atoms with van der Waals surface area (Å²) in [7, 11) is -4.14. The van der Waals surface area contributed by atoms with E-state index in [1.807, 2.05) is 31.2 Å². The number of hydrogen-bond donors (Lipinski definition) is 1. The molecular formula is C27H30ClN3O4S. The Morgan fingerprint density at radius 1 is 0.944 bits per heavy atom. The van der Waals surface area contributed by atoms with Crippen LogP contribution in [0.15, 0.2) is 83.8 Å². The SMILES string of the molecule is CCNC(=O)[C@@H](C)N(Cc1ccccc1C)C(=O)CN(c1ccccc1Cl)S(=O)(=O)c1ccccc1. The summed E-state index contributed by atoms with van der Waals surface area (Å²) in [6.45, 7) is 5.37. The summed E-state index contributed by atoms with van der Waals surface area (Å²) in [6.07, 6.45) is 0. The van der Waals surface area contributed by atoms with Crippen molar-refractivity contribution in [2.75, 3.05) is 17.4 Å². The number of aryl methyl sites for hydroxylation is 1. The van der Waals surface area contributed by atoms with Crippen molar-refractivity contribution < 1.29 is 18.0 Å². The number of carbonyl (C=O) groups is 2. The topological polar surface area (TPSA) is 86.8 Å². The van der Waals surface area contributed by atoms with Crippen molar-refractivity contribution in [1.82, 2.24) is 10.2 Å². The Bertz CT molecular complexity index is 1320. The fourth-order valence-electron chi connectivity index (χ4n) is 3.76. The normalized spacial score (nSPS) is 12.0. The molecule has 2 amide bonds. The van der Waals surface area contributed by atoms with E-state index in [9.17, 15) is 18.0 Å². The van der Waals surface area contributed by atoms with Gasteiger partial charge in [-0.3, -0.25) is 13.9 Å². The predicted molar refractivity (Wildman–Crippen MR) is 142 cm³/mol. The number of halogens is 1. The largest absolute Gasteiger partial charge is 0.355 e. The molecule has 0 aliphatic carbocycles. The van der Waals surface area contributed by atoms with Gasteiger partial charge < -0.3 is 10.2 Å². The zero-order valence-electron chi connectivity index (χ0n) is 20.5. The minimum absolute atomic E-state index is 0.0277. The van der Waals surface area contributed by atoms with Crippen LogP contribution in [0.25, 0.3) is 0 Å². The van der Waals surface area contributed by atoms with Crippen molar-refractivity contribution in [2.45, 2.75) is 38.3 Å². The maximum Gasteiger partial charge on any atom is 0.264 e. The molecule has 0 saturated carbocycles. The summed E-state index contributed by atoms with van der Waals surface area (Å²) in [5, 5.41) is 2.93. The van der Waals surface area contributed by atoms with Gasteiger partial charge in [-0.25, -0.2) is 8.42 Å². The van der Waals surface area contributed by atoms with E-state index in [1.54, 1.807) is 56.3 Å². The maximum atomic E-state index is 13.8. The first kappa shape index (κ1) is 27.2. The molecule has 1 atom stereocenters. The van der Waals surface area contributed by atoms with Gasteiger partial charge in [0.15, 0.2) is 0 Å². The van der Waals surface area contributed by atoms with Crippen molar-refractivity contribution >= 4 is 39.1 Å². The van der Waals surface area contributed by atoms with Crippen molar-refractivity contribution in [1.29, 1.82) is 0 Å². The molecule has 0 spiro atoms. The van der Waals surface area contributed by atoms with Crippen molar-refractivity contribution in [3.8, 4) is 0 Å². The molecule has 0 aliphatic heterocycles. The van der Waals surface area contributed by atoms with Crippen LogP contribution in [0.5, 0.6) is 0 Å². The minimum atomic E-state index is -4.14. The second-order valence-corrected chi connectivity index (χ2v) is 10.6. The highest BCUT2D eigenvalue weighted by Crippen LogP contribution is 2.30. The van der Waals surface area contributed by atoms with E-state index in [-0.39, 0.29) is 28.1 Å². The zero-order valence-corrected chi connectivity index (χ0v) is 22.1. The maximum absolute atomic E-state index is 13.8. The van der Waals surface area contributed by atoms with Crippen molar-refractivity contribution in [2.24, 2.45) is 0 Å². The smallest absolute Gasteiger partial charge is 0.264 e. The molecule has 3 aromatic carbocycles. The summed E-state index contributed by atoms with van der Waals surface area (Å²) in [6, 6.07) is 21.0. The Hall–Kier alpha value is -3.36. The Labute approximate surface area is 217 Å². The number of sulfonamides is 1.